The summed E-state index contributed by atoms with van der Waals surface area (Å²) in [5.41, 5.74) is 5.69. The van der Waals surface area contributed by atoms with Crippen molar-refractivity contribution in [1.29, 1.82) is 0 Å². The molecule has 0 atom stereocenters. The van der Waals surface area contributed by atoms with Gasteiger partial charge in [0.2, 0.25) is 0 Å². The van der Waals surface area contributed by atoms with Gasteiger partial charge in [0.1, 0.15) is 11.3 Å². The van der Waals surface area contributed by atoms with E-state index in [9.17, 15) is 9.59 Å². The number of amides is 2. The van der Waals surface area contributed by atoms with Gasteiger partial charge in [-0.15, -0.1) is 0 Å². The molecule has 0 heterocycles. The minimum atomic E-state index is -1.06. The summed E-state index contributed by atoms with van der Waals surface area (Å²) in [5.74, 6) is -0.726. The number of hydrogen-bond donors (Lipinski definition) is 3. The summed E-state index contributed by atoms with van der Waals surface area (Å²) < 4.78 is 5.43. The van der Waals surface area contributed by atoms with E-state index in [1.165, 1.54) is 6.07 Å². The molecule has 4 N–H and O–H groups in total. The van der Waals surface area contributed by atoms with Crippen LogP contribution < -0.4 is 15.8 Å². The standard InChI is InChI=1S/C13H18N2O4/c1-2-3-6-19-11-5-4-9(8-15-13(14)18)7-10(11)12(16)17/h4-5,7H,2-3,6,8H2,1H3,(H,16,17)(H3,14,15,18). The third-order valence-electron chi connectivity index (χ3n) is 2.50. The number of benzene rings is 1. The monoisotopic (exact) mass is 266 g/mol. The Labute approximate surface area is 111 Å². The lowest BCUT2D eigenvalue weighted by molar-refractivity contribution is 0.0692. The van der Waals surface area contributed by atoms with E-state index in [-0.39, 0.29) is 12.1 Å². The van der Waals surface area contributed by atoms with E-state index < -0.39 is 12.0 Å². The Morgan fingerprint density at radius 3 is 2.74 bits per heavy atom. The zero-order valence-corrected chi connectivity index (χ0v) is 10.8. The Kier molecular flexibility index (Phi) is 5.66. The number of carbonyl (C=O) groups excluding carboxylic acids is 1. The molecule has 1 aromatic rings. The average molecular weight is 266 g/mol. The number of carboxylic acid groups (broad SMARTS) is 1. The predicted octanol–water partition coefficient (Wildman–Crippen LogP) is 1.73. The number of primary amides is 1. The van der Waals surface area contributed by atoms with Crippen LogP contribution in [0.5, 0.6) is 5.75 Å². The molecule has 0 saturated carbocycles. The van der Waals surface area contributed by atoms with Gasteiger partial charge < -0.3 is 20.9 Å². The maximum atomic E-state index is 11.2. The number of urea groups is 1. The summed E-state index contributed by atoms with van der Waals surface area (Å²) in [7, 11) is 0. The first-order valence-corrected chi connectivity index (χ1v) is 6.07. The predicted molar refractivity (Wildman–Crippen MR) is 70.2 cm³/mol. The van der Waals surface area contributed by atoms with Crippen molar-refractivity contribution in [2.75, 3.05) is 6.61 Å². The Bertz CT molecular complexity index is 460. The Morgan fingerprint density at radius 2 is 2.16 bits per heavy atom. The highest BCUT2D eigenvalue weighted by molar-refractivity contribution is 5.91. The second-order valence-electron chi connectivity index (χ2n) is 4.06. The SMILES string of the molecule is CCCCOc1ccc(CNC(N)=O)cc1C(=O)O. The van der Waals surface area contributed by atoms with Gasteiger partial charge >= 0.3 is 12.0 Å². The largest absolute Gasteiger partial charge is 0.493 e. The highest BCUT2D eigenvalue weighted by Gasteiger charge is 2.12. The molecule has 6 heteroatoms. The Morgan fingerprint density at radius 1 is 1.42 bits per heavy atom. The molecule has 1 rings (SSSR count). The van der Waals surface area contributed by atoms with Gasteiger partial charge in [0, 0.05) is 6.54 Å². The summed E-state index contributed by atoms with van der Waals surface area (Å²) in [4.78, 5) is 21.8. The molecule has 0 fully saturated rings. The third-order valence-corrected chi connectivity index (χ3v) is 2.50. The second kappa shape index (κ2) is 7.25. The number of carbonyl (C=O) groups is 2. The highest BCUT2D eigenvalue weighted by atomic mass is 16.5. The molecule has 0 aromatic heterocycles. The molecule has 0 spiro atoms. The van der Waals surface area contributed by atoms with Gasteiger partial charge in [-0.25, -0.2) is 9.59 Å². The maximum Gasteiger partial charge on any atom is 0.339 e. The molecule has 6 nitrogen and oxygen atoms in total. The lowest BCUT2D eigenvalue weighted by Crippen LogP contribution is -2.28. The van der Waals surface area contributed by atoms with Crippen molar-refractivity contribution in [3.63, 3.8) is 0 Å². The summed E-state index contributed by atoms with van der Waals surface area (Å²) in [6.45, 7) is 2.70. The molecule has 0 aliphatic heterocycles. The van der Waals surface area contributed by atoms with Crippen molar-refractivity contribution in [2.45, 2.75) is 26.3 Å². The maximum absolute atomic E-state index is 11.2. The van der Waals surface area contributed by atoms with Crippen molar-refractivity contribution in [3.05, 3.63) is 29.3 Å². The molecule has 0 bridgehead atoms. The zero-order valence-electron chi connectivity index (χ0n) is 10.8. The van der Waals surface area contributed by atoms with Crippen LogP contribution in [-0.4, -0.2) is 23.7 Å². The van der Waals surface area contributed by atoms with Gasteiger partial charge in [0.25, 0.3) is 0 Å². The number of hydrogen-bond acceptors (Lipinski definition) is 3. The van der Waals surface area contributed by atoms with Crippen LogP contribution >= 0.6 is 0 Å². The van der Waals surface area contributed by atoms with E-state index in [2.05, 4.69) is 5.32 Å². The molecular formula is C13H18N2O4. The molecule has 1 aromatic carbocycles. The van der Waals surface area contributed by atoms with Crippen LogP contribution in [0.4, 0.5) is 4.79 Å². The van der Waals surface area contributed by atoms with Crippen LogP contribution in [-0.2, 0) is 6.54 Å². The number of nitrogens with two attached hydrogens (primary N) is 1. The number of carboxylic acids is 1. The van der Waals surface area contributed by atoms with E-state index in [4.69, 9.17) is 15.6 Å². The molecule has 2 amide bonds. The second-order valence-corrected chi connectivity index (χ2v) is 4.06. The number of rotatable bonds is 7. The summed E-state index contributed by atoms with van der Waals surface area (Å²) in [5, 5.41) is 11.5. The molecule has 0 aliphatic rings. The van der Waals surface area contributed by atoms with Crippen molar-refractivity contribution >= 4 is 12.0 Å². The van der Waals surface area contributed by atoms with Crippen LogP contribution in [0.15, 0.2) is 18.2 Å². The first-order valence-electron chi connectivity index (χ1n) is 6.07. The molecule has 0 aliphatic carbocycles. The van der Waals surface area contributed by atoms with Crippen LogP contribution in [0.2, 0.25) is 0 Å². The third kappa shape index (κ3) is 4.87. The molecular weight excluding hydrogens is 248 g/mol. The number of nitrogens with one attached hydrogen (secondary N) is 1. The molecule has 0 unspecified atom stereocenters. The van der Waals surface area contributed by atoms with E-state index in [1.54, 1.807) is 12.1 Å². The molecule has 0 radical (unpaired) electrons. The summed E-state index contributed by atoms with van der Waals surface area (Å²) >= 11 is 0. The van der Waals surface area contributed by atoms with Gasteiger partial charge in [0.05, 0.1) is 6.61 Å². The van der Waals surface area contributed by atoms with Crippen LogP contribution in [0, 0.1) is 0 Å². The first-order chi connectivity index (χ1) is 9.04. The van der Waals surface area contributed by atoms with E-state index in [0.717, 1.165) is 12.8 Å². The van der Waals surface area contributed by atoms with Crippen molar-refractivity contribution in [1.82, 2.24) is 5.32 Å². The van der Waals surface area contributed by atoms with Crippen LogP contribution in [0.1, 0.15) is 35.7 Å². The molecule has 19 heavy (non-hydrogen) atoms. The minimum Gasteiger partial charge on any atom is -0.493 e. The van der Waals surface area contributed by atoms with E-state index >= 15 is 0 Å². The number of ether oxygens (including phenoxy) is 1. The zero-order chi connectivity index (χ0) is 14.3. The smallest absolute Gasteiger partial charge is 0.339 e. The van der Waals surface area contributed by atoms with Gasteiger partial charge in [-0.3, -0.25) is 0 Å². The van der Waals surface area contributed by atoms with Gasteiger partial charge in [-0.2, -0.15) is 0 Å². The highest BCUT2D eigenvalue weighted by Crippen LogP contribution is 2.20. The van der Waals surface area contributed by atoms with Crippen molar-refractivity contribution in [3.8, 4) is 5.75 Å². The van der Waals surface area contributed by atoms with Crippen molar-refractivity contribution in [2.24, 2.45) is 5.73 Å². The Hall–Kier alpha value is -2.24. The van der Waals surface area contributed by atoms with E-state index in [1.807, 2.05) is 6.92 Å². The van der Waals surface area contributed by atoms with E-state index in [0.29, 0.717) is 17.9 Å². The Balaban J connectivity index is 2.82. The average Bonchev–Trinajstić information content (AvgIpc) is 2.37. The molecule has 0 saturated heterocycles. The van der Waals surface area contributed by atoms with Crippen LogP contribution in [0.25, 0.3) is 0 Å². The van der Waals surface area contributed by atoms with Gasteiger partial charge in [-0.05, 0) is 24.1 Å². The van der Waals surface area contributed by atoms with Gasteiger partial charge in [0.15, 0.2) is 0 Å². The lowest BCUT2D eigenvalue weighted by Gasteiger charge is -2.10. The fourth-order valence-corrected chi connectivity index (χ4v) is 1.50. The molecule has 104 valence electrons. The number of unbranched alkanes of at least 4 members (excludes halogenated alkanes) is 1. The lowest BCUT2D eigenvalue weighted by atomic mass is 10.1. The number of aromatic carboxylic acids is 1. The first kappa shape index (κ1) is 14.8. The van der Waals surface area contributed by atoms with Crippen molar-refractivity contribution < 1.29 is 19.4 Å². The topological polar surface area (TPSA) is 102 Å². The van der Waals surface area contributed by atoms with Crippen LogP contribution in [0.3, 0.4) is 0 Å². The quantitative estimate of drug-likeness (QED) is 0.654. The summed E-state index contributed by atoms with van der Waals surface area (Å²) in [6.07, 6.45) is 1.84. The normalized spacial score (nSPS) is 9.95. The summed E-state index contributed by atoms with van der Waals surface area (Å²) in [6, 6.07) is 4.11. The fourth-order valence-electron chi connectivity index (χ4n) is 1.50. The minimum absolute atomic E-state index is 0.0832. The van der Waals surface area contributed by atoms with Gasteiger partial charge in [-0.1, -0.05) is 19.4 Å². The fraction of sp³-hybridized carbons (Fsp3) is 0.385.